The van der Waals surface area contributed by atoms with E-state index < -0.39 is 16.3 Å². The molecule has 0 aliphatic heterocycles. The molecule has 4 nitrogen and oxygen atoms in total. The molecular formula is C14H16Br2O4. The number of alkyl halides is 1. The van der Waals surface area contributed by atoms with Gasteiger partial charge in [-0.05, 0) is 25.5 Å². The van der Waals surface area contributed by atoms with Gasteiger partial charge in [0.1, 0.15) is 0 Å². The van der Waals surface area contributed by atoms with Crippen molar-refractivity contribution in [3.05, 3.63) is 34.3 Å². The summed E-state index contributed by atoms with van der Waals surface area (Å²) < 4.78 is 9.26. The van der Waals surface area contributed by atoms with Crippen LogP contribution in [0, 0.1) is 0 Å². The van der Waals surface area contributed by atoms with Gasteiger partial charge in [0.15, 0.2) is 0 Å². The first-order chi connectivity index (χ1) is 9.45. The Balaban J connectivity index is 3.08. The van der Waals surface area contributed by atoms with Crippen LogP contribution >= 0.6 is 31.9 Å². The Hall–Kier alpha value is -0.880. The van der Waals surface area contributed by atoms with Gasteiger partial charge in [0.25, 0.3) is 0 Å². The molecule has 0 unspecified atom stereocenters. The van der Waals surface area contributed by atoms with Crippen LogP contribution in [0.2, 0.25) is 0 Å². The smallest absolute Gasteiger partial charge is 0.334 e. The van der Waals surface area contributed by atoms with Crippen molar-refractivity contribution in [2.75, 3.05) is 13.2 Å². The molecule has 1 aromatic rings. The predicted molar refractivity (Wildman–Crippen MR) is 82.8 cm³/mol. The van der Waals surface area contributed by atoms with E-state index >= 15 is 0 Å². The van der Waals surface area contributed by atoms with Crippen molar-refractivity contribution in [2.24, 2.45) is 0 Å². The Labute approximate surface area is 135 Å². The van der Waals surface area contributed by atoms with Gasteiger partial charge in [-0.3, -0.25) is 0 Å². The molecule has 0 saturated carbocycles. The number of rotatable bonds is 6. The lowest BCUT2D eigenvalue weighted by atomic mass is 9.99. The van der Waals surface area contributed by atoms with E-state index in [9.17, 15) is 9.59 Å². The monoisotopic (exact) mass is 406 g/mol. The molecule has 0 fully saturated rings. The Bertz CT molecular complexity index is 470. The normalized spacial score (nSPS) is 11.0. The molecule has 0 heterocycles. The molecule has 0 N–H and O–H groups in total. The van der Waals surface area contributed by atoms with E-state index in [4.69, 9.17) is 9.47 Å². The van der Waals surface area contributed by atoms with Gasteiger partial charge in [0, 0.05) is 10.9 Å². The summed E-state index contributed by atoms with van der Waals surface area (Å²) in [7, 11) is 0. The summed E-state index contributed by atoms with van der Waals surface area (Å²) in [6.07, 6.45) is 0.145. The van der Waals surface area contributed by atoms with Crippen LogP contribution in [0.15, 0.2) is 28.7 Å². The van der Waals surface area contributed by atoms with Crippen molar-refractivity contribution in [1.29, 1.82) is 0 Å². The van der Waals surface area contributed by atoms with Gasteiger partial charge in [-0.2, -0.15) is 0 Å². The first-order valence-corrected chi connectivity index (χ1v) is 7.81. The molecule has 0 radical (unpaired) electrons. The molecule has 0 aromatic heterocycles. The SMILES string of the molecule is CCOC(=O)C(Br)(Cc1ccccc1Br)C(=O)OCC. The van der Waals surface area contributed by atoms with Crippen LogP contribution in [0.25, 0.3) is 0 Å². The second-order valence-corrected chi connectivity index (χ2v) is 6.22. The van der Waals surface area contributed by atoms with Gasteiger partial charge in [-0.1, -0.05) is 50.1 Å². The number of hydrogen-bond acceptors (Lipinski definition) is 4. The molecule has 110 valence electrons. The molecule has 1 aromatic carbocycles. The van der Waals surface area contributed by atoms with E-state index in [1.54, 1.807) is 13.8 Å². The van der Waals surface area contributed by atoms with Gasteiger partial charge in [-0.25, -0.2) is 9.59 Å². The average molecular weight is 408 g/mol. The summed E-state index contributed by atoms with van der Waals surface area (Å²) in [5, 5.41) is 0. The highest BCUT2D eigenvalue weighted by Gasteiger charge is 2.47. The lowest BCUT2D eigenvalue weighted by Gasteiger charge is -2.23. The lowest BCUT2D eigenvalue weighted by Crippen LogP contribution is -2.45. The van der Waals surface area contributed by atoms with E-state index in [2.05, 4.69) is 31.9 Å². The van der Waals surface area contributed by atoms with Crippen LogP contribution in [0.5, 0.6) is 0 Å². The van der Waals surface area contributed by atoms with Crippen LogP contribution in [-0.4, -0.2) is 29.5 Å². The second kappa shape index (κ2) is 7.78. The van der Waals surface area contributed by atoms with Crippen LogP contribution in [-0.2, 0) is 25.5 Å². The van der Waals surface area contributed by atoms with Crippen molar-refractivity contribution < 1.29 is 19.1 Å². The van der Waals surface area contributed by atoms with Crippen LogP contribution in [0.4, 0.5) is 0 Å². The highest BCUT2D eigenvalue weighted by atomic mass is 79.9. The summed E-state index contributed by atoms with van der Waals surface area (Å²) in [4.78, 5) is 24.2. The quantitative estimate of drug-likeness (QED) is 0.412. The van der Waals surface area contributed by atoms with E-state index in [-0.39, 0.29) is 19.6 Å². The summed E-state index contributed by atoms with van der Waals surface area (Å²) in [6, 6.07) is 7.37. The zero-order valence-corrected chi connectivity index (χ0v) is 14.5. The minimum absolute atomic E-state index is 0.145. The number of hydrogen-bond donors (Lipinski definition) is 0. The van der Waals surface area contributed by atoms with Gasteiger partial charge in [-0.15, -0.1) is 0 Å². The van der Waals surface area contributed by atoms with E-state index in [0.29, 0.717) is 0 Å². The predicted octanol–water partition coefficient (Wildman–Crippen LogP) is 3.25. The Morgan fingerprint density at radius 1 is 1.10 bits per heavy atom. The molecule has 0 bridgehead atoms. The van der Waals surface area contributed by atoms with Crippen molar-refractivity contribution in [3.63, 3.8) is 0 Å². The maximum atomic E-state index is 12.1. The molecule has 0 spiro atoms. The number of halogens is 2. The minimum Gasteiger partial charge on any atom is -0.464 e. The second-order valence-electron chi connectivity index (χ2n) is 4.01. The first-order valence-electron chi connectivity index (χ1n) is 6.22. The number of esters is 2. The Morgan fingerprint density at radius 2 is 1.60 bits per heavy atom. The Morgan fingerprint density at radius 3 is 2.05 bits per heavy atom. The van der Waals surface area contributed by atoms with Crippen molar-refractivity contribution in [1.82, 2.24) is 0 Å². The third kappa shape index (κ3) is 4.06. The molecule has 0 aliphatic carbocycles. The number of carbonyl (C=O) groups is 2. The zero-order chi connectivity index (χ0) is 15.2. The maximum absolute atomic E-state index is 12.1. The van der Waals surface area contributed by atoms with Crippen molar-refractivity contribution in [3.8, 4) is 0 Å². The standard InChI is InChI=1S/C14H16Br2O4/c1-3-19-12(17)14(16,13(18)20-4-2)9-10-7-5-6-8-11(10)15/h5-8H,3-4,9H2,1-2H3. The summed E-state index contributed by atoms with van der Waals surface area (Å²) >= 11 is 6.62. The van der Waals surface area contributed by atoms with Gasteiger partial charge in [0.05, 0.1) is 13.2 Å². The molecule has 6 heteroatoms. The molecule has 1 rings (SSSR count). The maximum Gasteiger partial charge on any atom is 0.334 e. The fraction of sp³-hybridized carbons (Fsp3) is 0.429. The zero-order valence-electron chi connectivity index (χ0n) is 11.3. The van der Waals surface area contributed by atoms with Crippen LogP contribution in [0.1, 0.15) is 19.4 Å². The fourth-order valence-corrected chi connectivity index (χ4v) is 2.58. The molecule has 0 atom stereocenters. The number of carbonyl (C=O) groups excluding carboxylic acids is 2. The molecule has 20 heavy (non-hydrogen) atoms. The molecule has 0 aliphatic rings. The van der Waals surface area contributed by atoms with Crippen LogP contribution in [0.3, 0.4) is 0 Å². The van der Waals surface area contributed by atoms with E-state index in [0.717, 1.165) is 10.0 Å². The Kier molecular flexibility index (Phi) is 6.68. The third-order valence-corrected chi connectivity index (χ3v) is 4.29. The van der Waals surface area contributed by atoms with Gasteiger partial charge >= 0.3 is 11.9 Å². The number of benzene rings is 1. The molecule has 0 saturated heterocycles. The number of ether oxygens (including phenoxy) is 2. The molecular weight excluding hydrogens is 392 g/mol. The molecule has 0 amide bonds. The average Bonchev–Trinajstić information content (AvgIpc) is 2.41. The van der Waals surface area contributed by atoms with E-state index in [1.807, 2.05) is 24.3 Å². The third-order valence-electron chi connectivity index (χ3n) is 2.59. The minimum atomic E-state index is -1.52. The van der Waals surface area contributed by atoms with Gasteiger partial charge < -0.3 is 9.47 Å². The highest BCUT2D eigenvalue weighted by Crippen LogP contribution is 2.30. The van der Waals surface area contributed by atoms with E-state index in [1.165, 1.54) is 0 Å². The highest BCUT2D eigenvalue weighted by molar-refractivity contribution is 9.11. The summed E-state index contributed by atoms with van der Waals surface area (Å²) in [6.45, 7) is 3.77. The fourth-order valence-electron chi connectivity index (χ4n) is 1.62. The van der Waals surface area contributed by atoms with Gasteiger partial charge in [0.2, 0.25) is 4.32 Å². The lowest BCUT2D eigenvalue weighted by molar-refractivity contribution is -0.158. The van der Waals surface area contributed by atoms with Crippen molar-refractivity contribution in [2.45, 2.75) is 24.6 Å². The summed E-state index contributed by atoms with van der Waals surface area (Å²) in [5.41, 5.74) is 0.811. The van der Waals surface area contributed by atoms with Crippen molar-refractivity contribution >= 4 is 43.8 Å². The topological polar surface area (TPSA) is 52.6 Å². The first kappa shape index (κ1) is 17.2. The largest absolute Gasteiger partial charge is 0.464 e. The summed E-state index contributed by atoms with van der Waals surface area (Å²) in [5.74, 6) is -1.29. The van der Waals surface area contributed by atoms with Crippen LogP contribution < -0.4 is 0 Å².